The van der Waals surface area contributed by atoms with Gasteiger partial charge in [-0.15, -0.1) is 5.10 Å². The number of hydrogen-bond donors (Lipinski definition) is 1. The molecule has 4 nitrogen and oxygen atoms in total. The fourth-order valence-corrected chi connectivity index (χ4v) is 2.02. The maximum absolute atomic E-state index is 4.20. The zero-order chi connectivity index (χ0) is 12.5. The van der Waals surface area contributed by atoms with E-state index in [-0.39, 0.29) is 0 Å². The molecule has 1 aromatic heterocycles. The van der Waals surface area contributed by atoms with Crippen molar-refractivity contribution in [3.63, 3.8) is 0 Å². The van der Waals surface area contributed by atoms with Crippen LogP contribution in [0.2, 0.25) is 0 Å². The van der Waals surface area contributed by atoms with Crippen molar-refractivity contribution >= 4 is 0 Å². The summed E-state index contributed by atoms with van der Waals surface area (Å²) in [5.74, 6) is 0.611. The van der Waals surface area contributed by atoms with Gasteiger partial charge in [0.05, 0.1) is 5.69 Å². The summed E-state index contributed by atoms with van der Waals surface area (Å²) < 4.78 is 1.78. The van der Waals surface area contributed by atoms with Gasteiger partial charge in [-0.25, -0.2) is 0 Å². The van der Waals surface area contributed by atoms with Crippen molar-refractivity contribution in [1.29, 1.82) is 0 Å². The molecule has 1 atom stereocenters. The zero-order valence-corrected chi connectivity index (χ0v) is 11.4. The minimum Gasteiger partial charge on any atom is -0.314 e. The summed E-state index contributed by atoms with van der Waals surface area (Å²) in [6, 6.07) is 0.779. The molecule has 1 unspecified atom stereocenters. The number of nitrogens with zero attached hydrogens (tertiary/aromatic N) is 3. The molecule has 0 saturated heterocycles. The average molecular weight is 236 g/mol. The predicted octanol–water partition coefficient (Wildman–Crippen LogP) is 1.77. The smallest absolute Gasteiger partial charge is 0.0830 e. The second-order valence-corrected chi connectivity index (χ2v) is 6.33. The highest BCUT2D eigenvalue weighted by atomic mass is 15.4. The van der Waals surface area contributed by atoms with Crippen LogP contribution in [-0.4, -0.2) is 27.6 Å². The molecule has 0 aliphatic heterocycles. The molecule has 2 rings (SSSR count). The highest BCUT2D eigenvalue weighted by Gasteiger charge is 2.28. The largest absolute Gasteiger partial charge is 0.314 e. The molecule has 17 heavy (non-hydrogen) atoms. The van der Waals surface area contributed by atoms with Crippen LogP contribution in [0.3, 0.4) is 0 Å². The van der Waals surface area contributed by atoms with Gasteiger partial charge in [0.2, 0.25) is 0 Å². The second-order valence-electron chi connectivity index (χ2n) is 6.33. The zero-order valence-electron chi connectivity index (χ0n) is 11.4. The lowest BCUT2D eigenvalue weighted by molar-refractivity contribution is 0.228. The van der Waals surface area contributed by atoms with E-state index < -0.39 is 0 Å². The Morgan fingerprint density at radius 1 is 1.47 bits per heavy atom. The Balaban J connectivity index is 1.94. The first kappa shape index (κ1) is 12.6. The van der Waals surface area contributed by atoms with Crippen molar-refractivity contribution in [1.82, 2.24) is 20.3 Å². The molecule has 1 fully saturated rings. The van der Waals surface area contributed by atoms with Crippen LogP contribution < -0.4 is 5.32 Å². The maximum Gasteiger partial charge on any atom is 0.0830 e. The Morgan fingerprint density at radius 2 is 2.18 bits per heavy atom. The van der Waals surface area contributed by atoms with Gasteiger partial charge in [0, 0.05) is 19.3 Å². The summed E-state index contributed by atoms with van der Waals surface area (Å²) in [5, 5.41) is 11.8. The molecule has 1 heterocycles. The minimum atomic E-state index is 0.305. The molecule has 96 valence electrons. The van der Waals surface area contributed by atoms with E-state index in [1.54, 1.807) is 4.68 Å². The molecule has 1 aliphatic rings. The first-order chi connectivity index (χ1) is 7.95. The maximum atomic E-state index is 4.20. The van der Waals surface area contributed by atoms with Gasteiger partial charge in [-0.05, 0) is 37.1 Å². The Labute approximate surface area is 104 Å². The second kappa shape index (κ2) is 4.77. The van der Waals surface area contributed by atoms with Crippen LogP contribution in [0.4, 0.5) is 0 Å². The van der Waals surface area contributed by atoms with Crippen molar-refractivity contribution < 1.29 is 0 Å². The number of nitrogens with one attached hydrogen (secondary N) is 1. The van der Waals surface area contributed by atoms with Crippen molar-refractivity contribution in [2.24, 2.45) is 18.4 Å². The van der Waals surface area contributed by atoms with E-state index >= 15 is 0 Å². The van der Waals surface area contributed by atoms with Gasteiger partial charge in [-0.2, -0.15) is 0 Å². The quantitative estimate of drug-likeness (QED) is 0.847. The topological polar surface area (TPSA) is 42.7 Å². The Hall–Kier alpha value is -0.900. The molecule has 0 amide bonds. The number of rotatable bonds is 5. The van der Waals surface area contributed by atoms with E-state index in [2.05, 4.69) is 36.4 Å². The van der Waals surface area contributed by atoms with Crippen LogP contribution in [-0.2, 0) is 13.5 Å². The first-order valence-corrected chi connectivity index (χ1v) is 6.54. The van der Waals surface area contributed by atoms with E-state index in [9.17, 15) is 0 Å². The lowest BCUT2D eigenvalue weighted by atomic mass is 9.78. The molecule has 0 aromatic carbocycles. The molecule has 0 bridgehead atoms. The highest BCUT2D eigenvalue weighted by Crippen LogP contribution is 2.29. The third-order valence-electron chi connectivity index (χ3n) is 3.56. The third-order valence-corrected chi connectivity index (χ3v) is 3.56. The van der Waals surface area contributed by atoms with Gasteiger partial charge in [-0.1, -0.05) is 26.0 Å². The van der Waals surface area contributed by atoms with Crippen LogP contribution in [0.25, 0.3) is 0 Å². The number of hydrogen-bond acceptors (Lipinski definition) is 3. The van der Waals surface area contributed by atoms with E-state index in [0.29, 0.717) is 11.3 Å². The lowest BCUT2D eigenvalue weighted by Crippen LogP contribution is -2.34. The van der Waals surface area contributed by atoms with E-state index in [1.165, 1.54) is 12.8 Å². The van der Waals surface area contributed by atoms with Gasteiger partial charge >= 0.3 is 0 Å². The van der Waals surface area contributed by atoms with Gasteiger partial charge in [0.25, 0.3) is 0 Å². The van der Waals surface area contributed by atoms with Crippen LogP contribution in [0.1, 0.15) is 39.3 Å². The van der Waals surface area contributed by atoms with Crippen LogP contribution in [0.5, 0.6) is 0 Å². The highest BCUT2D eigenvalue weighted by molar-refractivity contribution is 4.97. The van der Waals surface area contributed by atoms with Crippen molar-refractivity contribution in [2.45, 2.75) is 46.1 Å². The van der Waals surface area contributed by atoms with E-state index in [4.69, 9.17) is 0 Å². The molecule has 1 aliphatic carbocycles. The average Bonchev–Trinajstić information content (AvgIpc) is 2.95. The Morgan fingerprint density at radius 3 is 2.65 bits per heavy atom. The molecule has 1 aromatic rings. The molecule has 4 heteroatoms. The molecule has 1 saturated carbocycles. The number of aromatic nitrogens is 3. The summed E-state index contributed by atoms with van der Waals surface area (Å²) in [6.45, 7) is 8.01. The minimum absolute atomic E-state index is 0.305. The summed E-state index contributed by atoms with van der Waals surface area (Å²) in [6.07, 6.45) is 5.73. The van der Waals surface area contributed by atoms with Gasteiger partial charge < -0.3 is 5.32 Å². The summed E-state index contributed by atoms with van der Waals surface area (Å²) in [5.41, 5.74) is 1.41. The molecule has 1 N–H and O–H groups in total. The van der Waals surface area contributed by atoms with Crippen molar-refractivity contribution in [3.05, 3.63) is 11.9 Å². The number of aryl methyl sites for hydroxylation is 1. The SMILES string of the molecule is Cn1cc(CC(CNC2CC2)C(C)(C)C)nn1. The third kappa shape index (κ3) is 3.80. The van der Waals surface area contributed by atoms with Crippen LogP contribution in [0.15, 0.2) is 6.20 Å². The summed E-state index contributed by atoms with van der Waals surface area (Å²) in [4.78, 5) is 0. The van der Waals surface area contributed by atoms with Gasteiger partial charge in [0.15, 0.2) is 0 Å². The molecule has 0 radical (unpaired) electrons. The monoisotopic (exact) mass is 236 g/mol. The Bertz CT molecular complexity index is 360. The lowest BCUT2D eigenvalue weighted by Gasteiger charge is -2.30. The van der Waals surface area contributed by atoms with Crippen molar-refractivity contribution in [3.8, 4) is 0 Å². The standard InChI is InChI=1S/C13H24N4/c1-13(2,3)10(8-14-11-5-6-11)7-12-9-17(4)16-15-12/h9-11,14H,5-8H2,1-4H3. The van der Waals surface area contributed by atoms with Crippen LogP contribution >= 0.6 is 0 Å². The first-order valence-electron chi connectivity index (χ1n) is 6.54. The summed E-state index contributed by atoms with van der Waals surface area (Å²) >= 11 is 0. The fourth-order valence-electron chi connectivity index (χ4n) is 2.02. The Kier molecular flexibility index (Phi) is 3.52. The molecular weight excluding hydrogens is 212 g/mol. The molecule has 0 spiro atoms. The van der Waals surface area contributed by atoms with E-state index in [0.717, 1.165) is 24.7 Å². The van der Waals surface area contributed by atoms with Crippen molar-refractivity contribution in [2.75, 3.05) is 6.54 Å². The summed E-state index contributed by atoms with van der Waals surface area (Å²) in [7, 11) is 1.92. The normalized spacial score (nSPS) is 18.4. The van der Waals surface area contributed by atoms with Crippen LogP contribution in [0, 0.1) is 11.3 Å². The molecular formula is C13H24N4. The van der Waals surface area contributed by atoms with E-state index in [1.807, 2.05) is 13.2 Å². The van der Waals surface area contributed by atoms with Gasteiger partial charge in [-0.3, -0.25) is 4.68 Å². The van der Waals surface area contributed by atoms with Gasteiger partial charge in [0.1, 0.15) is 0 Å². The predicted molar refractivity (Wildman–Crippen MR) is 68.7 cm³/mol. The fraction of sp³-hybridized carbons (Fsp3) is 0.846.